The molecule has 1 aliphatic rings. The molecule has 0 aromatic heterocycles. The largest absolute Gasteiger partial charge is 0.295 e. The first-order valence-corrected chi connectivity index (χ1v) is 5.29. The molecule has 1 heterocycles. The number of likely N-dealkylation sites (N-methyl/N-ethyl adjacent to an activating group) is 1. The molecule has 0 atom stereocenters. The molecular formula is C10H13IN+. The van der Waals surface area contributed by atoms with Gasteiger partial charge in [0.05, 0.1) is 20.6 Å². The highest BCUT2D eigenvalue weighted by Gasteiger charge is 2.29. The van der Waals surface area contributed by atoms with Crippen molar-refractivity contribution in [3.63, 3.8) is 0 Å². The molecule has 1 aromatic carbocycles. The van der Waals surface area contributed by atoms with Crippen molar-refractivity contribution in [1.29, 1.82) is 0 Å². The topological polar surface area (TPSA) is 0 Å². The molecule has 0 saturated carbocycles. The van der Waals surface area contributed by atoms with E-state index in [9.17, 15) is 0 Å². The Morgan fingerprint density at radius 2 is 2.08 bits per heavy atom. The van der Waals surface area contributed by atoms with Gasteiger partial charge in [-0.15, -0.1) is 0 Å². The van der Waals surface area contributed by atoms with E-state index in [2.05, 4.69) is 54.9 Å². The molecule has 12 heavy (non-hydrogen) atoms. The molecule has 0 unspecified atom stereocenters. The van der Waals surface area contributed by atoms with Crippen LogP contribution < -0.4 is 4.48 Å². The van der Waals surface area contributed by atoms with Crippen LogP contribution in [0.4, 0.5) is 5.69 Å². The highest BCUT2D eigenvalue weighted by molar-refractivity contribution is 14.1. The average molecular weight is 274 g/mol. The van der Waals surface area contributed by atoms with Gasteiger partial charge < -0.3 is 0 Å². The molecule has 1 aromatic rings. The molecule has 2 heteroatoms. The lowest BCUT2D eigenvalue weighted by Gasteiger charge is -2.23. The van der Waals surface area contributed by atoms with E-state index in [0.29, 0.717) is 0 Å². The SMILES string of the molecule is C[N+]1(C)CCc2cc(I)ccc21. The Kier molecular flexibility index (Phi) is 1.92. The zero-order chi connectivity index (χ0) is 8.77. The van der Waals surface area contributed by atoms with Gasteiger partial charge in [-0.3, -0.25) is 4.48 Å². The van der Waals surface area contributed by atoms with Crippen molar-refractivity contribution in [2.45, 2.75) is 6.42 Å². The minimum atomic E-state index is 1.05. The van der Waals surface area contributed by atoms with E-state index in [0.717, 1.165) is 4.48 Å². The van der Waals surface area contributed by atoms with Crippen molar-refractivity contribution < 1.29 is 0 Å². The second-order valence-corrected chi connectivity index (χ2v) is 5.18. The fourth-order valence-corrected chi connectivity index (χ4v) is 2.42. The average Bonchev–Trinajstić information content (AvgIpc) is 2.27. The lowest BCUT2D eigenvalue weighted by Crippen LogP contribution is -2.37. The minimum Gasteiger partial charge on any atom is -0.295 e. The molecule has 0 N–H and O–H groups in total. The maximum Gasteiger partial charge on any atom is 0.135 e. The maximum absolute atomic E-state index is 2.38. The van der Waals surface area contributed by atoms with Crippen LogP contribution in [0, 0.1) is 3.57 Å². The number of fused-ring (bicyclic) bond motifs is 1. The van der Waals surface area contributed by atoms with Gasteiger partial charge in [-0.2, -0.15) is 0 Å². The molecule has 2 rings (SSSR count). The summed E-state index contributed by atoms with van der Waals surface area (Å²) in [5.41, 5.74) is 3.03. The van der Waals surface area contributed by atoms with Crippen LogP contribution in [0.15, 0.2) is 18.2 Å². The number of hydrogen-bond donors (Lipinski definition) is 0. The number of nitrogens with zero attached hydrogens (tertiary/aromatic N) is 1. The number of benzene rings is 1. The highest BCUT2D eigenvalue weighted by atomic mass is 127. The standard InChI is InChI=1S/C10H13IN/c1-12(2)6-5-8-7-9(11)3-4-10(8)12/h3-4,7H,5-6H2,1-2H3/q+1. The van der Waals surface area contributed by atoms with Gasteiger partial charge in [-0.05, 0) is 34.7 Å². The Labute approximate surface area is 87.1 Å². The summed E-state index contributed by atoms with van der Waals surface area (Å²) in [5.74, 6) is 0. The van der Waals surface area contributed by atoms with E-state index in [-0.39, 0.29) is 0 Å². The minimum absolute atomic E-state index is 1.05. The van der Waals surface area contributed by atoms with E-state index < -0.39 is 0 Å². The fourth-order valence-electron chi connectivity index (χ4n) is 1.87. The smallest absolute Gasteiger partial charge is 0.135 e. The van der Waals surface area contributed by atoms with Crippen LogP contribution in [-0.2, 0) is 6.42 Å². The van der Waals surface area contributed by atoms with Crippen molar-refractivity contribution in [2.75, 3.05) is 20.6 Å². The van der Waals surface area contributed by atoms with Gasteiger partial charge in [0, 0.05) is 21.6 Å². The van der Waals surface area contributed by atoms with Crippen molar-refractivity contribution in [3.8, 4) is 0 Å². The molecule has 0 saturated heterocycles. The van der Waals surface area contributed by atoms with Gasteiger partial charge in [0.1, 0.15) is 5.69 Å². The van der Waals surface area contributed by atoms with Crippen LogP contribution in [0.2, 0.25) is 0 Å². The molecule has 0 bridgehead atoms. The highest BCUT2D eigenvalue weighted by Crippen LogP contribution is 2.32. The van der Waals surface area contributed by atoms with E-state index >= 15 is 0 Å². The van der Waals surface area contributed by atoms with Crippen LogP contribution in [0.5, 0.6) is 0 Å². The Balaban J connectivity index is 2.55. The van der Waals surface area contributed by atoms with E-state index in [1.165, 1.54) is 27.8 Å². The van der Waals surface area contributed by atoms with Gasteiger partial charge >= 0.3 is 0 Å². The number of halogens is 1. The van der Waals surface area contributed by atoms with Crippen LogP contribution in [0.25, 0.3) is 0 Å². The van der Waals surface area contributed by atoms with Crippen LogP contribution in [-0.4, -0.2) is 20.6 Å². The zero-order valence-corrected chi connectivity index (χ0v) is 9.63. The molecule has 0 radical (unpaired) electrons. The first-order valence-electron chi connectivity index (χ1n) is 4.21. The summed E-state index contributed by atoms with van der Waals surface area (Å²) in [6, 6.07) is 6.78. The summed E-state index contributed by atoms with van der Waals surface area (Å²) < 4.78 is 2.40. The third kappa shape index (κ3) is 1.27. The molecular weight excluding hydrogens is 261 g/mol. The first-order chi connectivity index (χ1) is 5.59. The zero-order valence-electron chi connectivity index (χ0n) is 7.47. The van der Waals surface area contributed by atoms with Gasteiger partial charge in [-0.25, -0.2) is 0 Å². The number of hydrogen-bond acceptors (Lipinski definition) is 0. The van der Waals surface area contributed by atoms with Gasteiger partial charge in [0.25, 0.3) is 0 Å². The Hall–Kier alpha value is -0.0900. The molecule has 1 aliphatic heterocycles. The lowest BCUT2D eigenvalue weighted by molar-refractivity contribution is 0.433. The number of quaternary nitrogens is 1. The summed E-state index contributed by atoms with van der Waals surface area (Å²) in [6.07, 6.45) is 1.24. The second kappa shape index (κ2) is 2.70. The Morgan fingerprint density at radius 3 is 2.83 bits per heavy atom. The summed E-state index contributed by atoms with van der Waals surface area (Å²) in [4.78, 5) is 0. The quantitative estimate of drug-likeness (QED) is 0.503. The van der Waals surface area contributed by atoms with Crippen LogP contribution in [0.1, 0.15) is 5.56 Å². The van der Waals surface area contributed by atoms with Gasteiger partial charge in [0.2, 0.25) is 0 Å². The molecule has 0 aliphatic carbocycles. The summed E-state index contributed by atoms with van der Waals surface area (Å²) in [6.45, 7) is 1.25. The second-order valence-electron chi connectivity index (χ2n) is 3.93. The van der Waals surface area contributed by atoms with Crippen LogP contribution in [0.3, 0.4) is 0 Å². The summed E-state index contributed by atoms with van der Waals surface area (Å²) >= 11 is 2.38. The first kappa shape index (κ1) is 8.51. The fraction of sp³-hybridized carbons (Fsp3) is 0.400. The molecule has 0 spiro atoms. The van der Waals surface area contributed by atoms with Crippen molar-refractivity contribution in [1.82, 2.24) is 4.48 Å². The summed E-state index contributed by atoms with van der Waals surface area (Å²) in [5, 5.41) is 0. The predicted molar refractivity (Wildman–Crippen MR) is 61.4 cm³/mol. The Bertz CT molecular complexity index is 318. The Morgan fingerprint density at radius 1 is 1.33 bits per heavy atom. The lowest BCUT2D eigenvalue weighted by atomic mass is 10.2. The summed E-state index contributed by atoms with van der Waals surface area (Å²) in [7, 11) is 4.55. The maximum atomic E-state index is 2.38. The third-order valence-corrected chi connectivity index (χ3v) is 3.30. The van der Waals surface area contributed by atoms with Crippen molar-refractivity contribution in [3.05, 3.63) is 27.3 Å². The normalized spacial score (nSPS) is 19.2. The van der Waals surface area contributed by atoms with Crippen molar-refractivity contribution >= 4 is 28.3 Å². The van der Waals surface area contributed by atoms with Gasteiger partial charge in [0.15, 0.2) is 0 Å². The molecule has 0 amide bonds. The predicted octanol–water partition coefficient (Wildman–Crippen LogP) is 2.41. The van der Waals surface area contributed by atoms with E-state index in [4.69, 9.17) is 0 Å². The molecule has 0 fully saturated rings. The third-order valence-electron chi connectivity index (χ3n) is 2.63. The van der Waals surface area contributed by atoms with Gasteiger partial charge in [-0.1, -0.05) is 0 Å². The monoisotopic (exact) mass is 274 g/mol. The molecule has 1 nitrogen and oxygen atoms in total. The molecule has 64 valence electrons. The van der Waals surface area contributed by atoms with E-state index in [1.807, 2.05) is 0 Å². The van der Waals surface area contributed by atoms with Crippen molar-refractivity contribution in [2.24, 2.45) is 0 Å². The van der Waals surface area contributed by atoms with Crippen LogP contribution >= 0.6 is 22.6 Å². The van der Waals surface area contributed by atoms with E-state index in [1.54, 1.807) is 0 Å². The number of rotatable bonds is 0.